The second-order valence-electron chi connectivity index (χ2n) is 5.71. The van der Waals surface area contributed by atoms with Crippen LogP contribution in [0.2, 0.25) is 5.02 Å². The Hall–Kier alpha value is -1.51. The fraction of sp³-hybridized carbons (Fsp3) is 0.333. The Kier molecular flexibility index (Phi) is 5.27. The minimum atomic E-state index is -0.245. The average Bonchev–Trinajstić information content (AvgIpc) is 2.46. The van der Waals surface area contributed by atoms with Gasteiger partial charge in [0.15, 0.2) is 0 Å². The van der Waals surface area contributed by atoms with Crippen molar-refractivity contribution in [2.24, 2.45) is 11.7 Å². The van der Waals surface area contributed by atoms with Crippen LogP contribution in [-0.4, -0.2) is 7.11 Å². The van der Waals surface area contributed by atoms with Crippen molar-refractivity contribution in [3.8, 4) is 5.75 Å². The van der Waals surface area contributed by atoms with E-state index in [2.05, 4.69) is 38.1 Å². The van der Waals surface area contributed by atoms with Gasteiger partial charge in [-0.2, -0.15) is 0 Å². The molecule has 2 rings (SSSR count). The largest absolute Gasteiger partial charge is 0.496 e. The summed E-state index contributed by atoms with van der Waals surface area (Å²) in [5.41, 5.74) is 9.71. The van der Waals surface area contributed by atoms with Gasteiger partial charge in [0.05, 0.1) is 13.2 Å². The number of methoxy groups -OCH3 is 1. The van der Waals surface area contributed by atoms with E-state index in [4.69, 9.17) is 22.1 Å². The van der Waals surface area contributed by atoms with E-state index in [1.165, 1.54) is 5.56 Å². The zero-order chi connectivity index (χ0) is 15.4. The highest BCUT2D eigenvalue weighted by Crippen LogP contribution is 2.31. The Morgan fingerprint density at radius 1 is 1.14 bits per heavy atom. The molecule has 0 spiro atoms. The first-order valence-corrected chi connectivity index (χ1v) is 7.57. The molecule has 112 valence electrons. The lowest BCUT2D eigenvalue weighted by Gasteiger charge is -2.17. The van der Waals surface area contributed by atoms with Crippen LogP contribution in [0.3, 0.4) is 0 Å². The van der Waals surface area contributed by atoms with Crippen molar-refractivity contribution < 1.29 is 4.74 Å². The predicted molar refractivity (Wildman–Crippen MR) is 89.0 cm³/mol. The topological polar surface area (TPSA) is 35.2 Å². The van der Waals surface area contributed by atoms with E-state index in [0.717, 1.165) is 23.3 Å². The van der Waals surface area contributed by atoms with Crippen molar-refractivity contribution in [2.45, 2.75) is 26.3 Å². The lowest BCUT2D eigenvalue weighted by molar-refractivity contribution is 0.408. The van der Waals surface area contributed by atoms with E-state index in [9.17, 15) is 0 Å². The standard InChI is InChI=1S/C18H22ClNO/c1-12(2)9-13-5-4-6-14(10-13)18(20)16-11-15(19)7-8-17(16)21-3/h4-8,10-12,18H,9,20H2,1-3H3. The molecule has 0 heterocycles. The first-order valence-electron chi connectivity index (χ1n) is 7.19. The molecular formula is C18H22ClNO. The maximum atomic E-state index is 6.42. The molecule has 0 aliphatic rings. The Balaban J connectivity index is 2.35. The van der Waals surface area contributed by atoms with Crippen LogP contribution < -0.4 is 10.5 Å². The summed E-state index contributed by atoms with van der Waals surface area (Å²) in [7, 11) is 1.65. The van der Waals surface area contributed by atoms with Crippen molar-refractivity contribution in [2.75, 3.05) is 7.11 Å². The second-order valence-corrected chi connectivity index (χ2v) is 6.14. The van der Waals surface area contributed by atoms with Gasteiger partial charge in [-0.3, -0.25) is 0 Å². The molecule has 1 unspecified atom stereocenters. The van der Waals surface area contributed by atoms with Crippen molar-refractivity contribution in [3.05, 3.63) is 64.2 Å². The molecule has 0 bridgehead atoms. The zero-order valence-electron chi connectivity index (χ0n) is 12.8. The molecule has 2 aromatic rings. The number of hydrogen-bond acceptors (Lipinski definition) is 2. The number of benzene rings is 2. The van der Waals surface area contributed by atoms with Crippen LogP contribution in [0.5, 0.6) is 5.75 Å². The summed E-state index contributed by atoms with van der Waals surface area (Å²) in [6.45, 7) is 4.43. The average molecular weight is 304 g/mol. The van der Waals surface area contributed by atoms with Crippen LogP contribution in [0, 0.1) is 5.92 Å². The summed E-state index contributed by atoms with van der Waals surface area (Å²) in [6.07, 6.45) is 1.05. The molecule has 1 atom stereocenters. The Morgan fingerprint density at radius 3 is 2.57 bits per heavy atom. The maximum absolute atomic E-state index is 6.42. The monoisotopic (exact) mass is 303 g/mol. The molecule has 0 aliphatic carbocycles. The number of hydrogen-bond donors (Lipinski definition) is 1. The van der Waals surface area contributed by atoms with E-state index in [1.807, 2.05) is 18.2 Å². The number of halogens is 1. The normalized spacial score (nSPS) is 12.5. The number of rotatable bonds is 5. The Labute approximate surface area is 131 Å². The smallest absolute Gasteiger partial charge is 0.124 e. The van der Waals surface area contributed by atoms with Gasteiger partial charge >= 0.3 is 0 Å². The summed E-state index contributed by atoms with van der Waals surface area (Å²) in [4.78, 5) is 0. The lowest BCUT2D eigenvalue weighted by Crippen LogP contribution is -2.13. The maximum Gasteiger partial charge on any atom is 0.124 e. The SMILES string of the molecule is COc1ccc(Cl)cc1C(N)c1cccc(CC(C)C)c1. The lowest BCUT2D eigenvalue weighted by atomic mass is 9.94. The van der Waals surface area contributed by atoms with Gasteiger partial charge in [-0.25, -0.2) is 0 Å². The highest BCUT2D eigenvalue weighted by atomic mass is 35.5. The molecule has 0 radical (unpaired) electrons. The fourth-order valence-corrected chi connectivity index (χ4v) is 2.69. The van der Waals surface area contributed by atoms with Crippen molar-refractivity contribution in [1.29, 1.82) is 0 Å². The summed E-state index contributed by atoms with van der Waals surface area (Å²) in [6, 6.07) is 13.7. The van der Waals surface area contributed by atoms with Gasteiger partial charge in [-0.1, -0.05) is 49.7 Å². The minimum absolute atomic E-state index is 0.245. The third-order valence-corrected chi connectivity index (χ3v) is 3.72. The molecule has 21 heavy (non-hydrogen) atoms. The minimum Gasteiger partial charge on any atom is -0.496 e. The third kappa shape index (κ3) is 3.99. The molecule has 0 aliphatic heterocycles. The predicted octanol–water partition coefficient (Wildman–Crippen LogP) is 4.60. The first-order chi connectivity index (χ1) is 10.0. The number of ether oxygens (including phenoxy) is 1. The van der Waals surface area contributed by atoms with E-state index < -0.39 is 0 Å². The van der Waals surface area contributed by atoms with E-state index >= 15 is 0 Å². The van der Waals surface area contributed by atoms with Crippen LogP contribution in [0.15, 0.2) is 42.5 Å². The van der Waals surface area contributed by atoms with Crippen molar-refractivity contribution >= 4 is 11.6 Å². The summed E-state index contributed by atoms with van der Waals surface area (Å²) in [5, 5.41) is 0.666. The molecular weight excluding hydrogens is 282 g/mol. The summed E-state index contributed by atoms with van der Waals surface area (Å²) in [5.74, 6) is 1.39. The van der Waals surface area contributed by atoms with Gasteiger partial charge in [0.2, 0.25) is 0 Å². The van der Waals surface area contributed by atoms with Crippen molar-refractivity contribution in [1.82, 2.24) is 0 Å². The molecule has 0 aromatic heterocycles. The van der Waals surface area contributed by atoms with Gasteiger partial charge in [-0.05, 0) is 41.7 Å². The fourth-order valence-electron chi connectivity index (χ4n) is 2.51. The van der Waals surface area contributed by atoms with Crippen molar-refractivity contribution in [3.63, 3.8) is 0 Å². The van der Waals surface area contributed by atoms with Gasteiger partial charge in [0.1, 0.15) is 5.75 Å². The van der Waals surface area contributed by atoms with Gasteiger partial charge < -0.3 is 10.5 Å². The molecule has 2 nitrogen and oxygen atoms in total. The summed E-state index contributed by atoms with van der Waals surface area (Å²) < 4.78 is 5.40. The first kappa shape index (κ1) is 15.9. The van der Waals surface area contributed by atoms with E-state index in [-0.39, 0.29) is 6.04 Å². The van der Waals surface area contributed by atoms with Gasteiger partial charge in [0.25, 0.3) is 0 Å². The highest BCUT2D eigenvalue weighted by Gasteiger charge is 2.15. The van der Waals surface area contributed by atoms with Crippen LogP contribution in [0.25, 0.3) is 0 Å². The van der Waals surface area contributed by atoms with Crippen LogP contribution >= 0.6 is 11.6 Å². The third-order valence-electron chi connectivity index (χ3n) is 3.48. The zero-order valence-corrected chi connectivity index (χ0v) is 13.5. The number of nitrogens with two attached hydrogens (primary N) is 1. The van der Waals surface area contributed by atoms with E-state index in [1.54, 1.807) is 7.11 Å². The molecule has 0 amide bonds. The molecule has 2 aromatic carbocycles. The van der Waals surface area contributed by atoms with Gasteiger partial charge in [-0.15, -0.1) is 0 Å². The molecule has 0 saturated carbocycles. The van der Waals surface area contributed by atoms with Crippen LogP contribution in [0.1, 0.15) is 36.6 Å². The van der Waals surface area contributed by atoms with Crippen LogP contribution in [-0.2, 0) is 6.42 Å². The molecule has 0 fully saturated rings. The summed E-state index contributed by atoms with van der Waals surface area (Å²) >= 11 is 6.09. The van der Waals surface area contributed by atoms with E-state index in [0.29, 0.717) is 10.9 Å². The Bertz CT molecular complexity index is 610. The second kappa shape index (κ2) is 6.97. The highest BCUT2D eigenvalue weighted by molar-refractivity contribution is 6.30. The van der Waals surface area contributed by atoms with Crippen LogP contribution in [0.4, 0.5) is 0 Å². The molecule has 2 N–H and O–H groups in total. The molecule has 3 heteroatoms. The quantitative estimate of drug-likeness (QED) is 0.876. The van der Waals surface area contributed by atoms with Gasteiger partial charge in [0, 0.05) is 10.6 Å². The Morgan fingerprint density at radius 2 is 1.90 bits per heavy atom. The molecule has 0 saturated heterocycles.